The monoisotopic (exact) mass is 598 g/mol. The maximum Gasteiger partial charge on any atom is 0.422 e. The maximum absolute atomic E-state index is 13.5. The van der Waals surface area contributed by atoms with E-state index in [0.29, 0.717) is 35.2 Å². The van der Waals surface area contributed by atoms with E-state index in [1.165, 1.54) is 17.3 Å². The number of halogens is 3. The number of H-pyrrole nitrogens is 1. The molecule has 3 N–H and O–H groups in total. The Bertz CT molecular complexity index is 1590. The number of carbonyl (C=O) groups excluding carboxylic acids is 1. The fraction of sp³-hybridized carbons (Fsp3) is 0.481. The number of aliphatic hydroxyl groups excluding tert-OH is 1. The van der Waals surface area contributed by atoms with E-state index >= 15 is 0 Å². The molecule has 3 aromatic rings. The first-order valence-electron chi connectivity index (χ1n) is 13.1. The SMILES string of the molecule is Cc1cc(OCC(F)(F)F)c(CNC(=O)c2c(C)n([C@H](C)C3CCN(S(=O)(=O)CO)CC3)c3ccccc23)c(=O)[nH]1. The van der Waals surface area contributed by atoms with Crippen molar-refractivity contribution in [2.75, 3.05) is 25.6 Å². The number of carbonyl (C=O) groups is 1. The van der Waals surface area contributed by atoms with Gasteiger partial charge in [-0.1, -0.05) is 18.2 Å². The van der Waals surface area contributed by atoms with Crippen molar-refractivity contribution in [3.05, 3.63) is 63.2 Å². The maximum atomic E-state index is 13.5. The van der Waals surface area contributed by atoms with E-state index < -0.39 is 40.2 Å². The van der Waals surface area contributed by atoms with Crippen LogP contribution in [0.2, 0.25) is 0 Å². The van der Waals surface area contributed by atoms with Gasteiger partial charge in [-0.15, -0.1) is 0 Å². The summed E-state index contributed by atoms with van der Waals surface area (Å²) in [6.45, 7) is 3.96. The van der Waals surface area contributed by atoms with Crippen LogP contribution in [0.3, 0.4) is 0 Å². The molecular weight excluding hydrogens is 565 g/mol. The van der Waals surface area contributed by atoms with E-state index in [1.54, 1.807) is 19.1 Å². The Morgan fingerprint density at radius 2 is 1.88 bits per heavy atom. The molecule has 0 spiro atoms. The van der Waals surface area contributed by atoms with E-state index in [0.717, 1.165) is 5.52 Å². The lowest BCUT2D eigenvalue weighted by Crippen LogP contribution is -2.41. The van der Waals surface area contributed by atoms with Crippen LogP contribution in [-0.2, 0) is 16.6 Å². The molecule has 4 rings (SSSR count). The van der Waals surface area contributed by atoms with E-state index in [1.807, 2.05) is 23.6 Å². The molecule has 1 aromatic carbocycles. The fourth-order valence-electron chi connectivity index (χ4n) is 5.53. The van der Waals surface area contributed by atoms with Crippen molar-refractivity contribution in [1.82, 2.24) is 19.2 Å². The molecule has 0 radical (unpaired) electrons. The Morgan fingerprint density at radius 3 is 2.51 bits per heavy atom. The van der Waals surface area contributed by atoms with Gasteiger partial charge >= 0.3 is 6.18 Å². The normalized spacial score (nSPS) is 16.2. The lowest BCUT2D eigenvalue weighted by Gasteiger charge is -2.35. The van der Waals surface area contributed by atoms with Crippen molar-refractivity contribution in [3.8, 4) is 5.75 Å². The number of piperidine rings is 1. The number of para-hydroxylation sites is 1. The minimum atomic E-state index is -4.60. The van der Waals surface area contributed by atoms with Gasteiger partial charge < -0.3 is 24.7 Å². The number of aliphatic hydroxyl groups is 1. The topological polar surface area (TPSA) is 134 Å². The zero-order chi connectivity index (χ0) is 30.1. The van der Waals surface area contributed by atoms with Crippen LogP contribution in [0.25, 0.3) is 10.9 Å². The van der Waals surface area contributed by atoms with Crippen molar-refractivity contribution in [3.63, 3.8) is 0 Å². The molecule has 0 aliphatic carbocycles. The number of sulfonamides is 1. The van der Waals surface area contributed by atoms with Gasteiger partial charge in [-0.25, -0.2) is 8.42 Å². The number of nitrogens with zero attached hydrogens (tertiary/aromatic N) is 2. The quantitative estimate of drug-likeness (QED) is 0.346. The van der Waals surface area contributed by atoms with Crippen LogP contribution in [0.1, 0.15) is 53.1 Å². The fourth-order valence-corrected chi connectivity index (χ4v) is 6.46. The zero-order valence-electron chi connectivity index (χ0n) is 22.9. The second kappa shape index (κ2) is 11.9. The molecule has 14 heteroatoms. The number of aromatic amines is 1. The Kier molecular flexibility index (Phi) is 8.85. The first kappa shape index (κ1) is 30.6. The van der Waals surface area contributed by atoms with E-state index in [2.05, 4.69) is 10.3 Å². The molecule has 10 nitrogen and oxygen atoms in total. The van der Waals surface area contributed by atoms with Crippen LogP contribution in [0, 0.1) is 19.8 Å². The molecule has 1 saturated heterocycles. The van der Waals surface area contributed by atoms with Crippen molar-refractivity contribution in [1.29, 1.82) is 0 Å². The first-order valence-corrected chi connectivity index (χ1v) is 14.7. The van der Waals surface area contributed by atoms with Crippen molar-refractivity contribution in [2.24, 2.45) is 5.92 Å². The molecule has 1 fully saturated rings. The van der Waals surface area contributed by atoms with Crippen LogP contribution in [-0.4, -0.2) is 65.1 Å². The van der Waals surface area contributed by atoms with Crippen LogP contribution in [0.5, 0.6) is 5.75 Å². The third kappa shape index (κ3) is 6.60. The number of pyridine rings is 1. The van der Waals surface area contributed by atoms with Crippen LogP contribution in [0.4, 0.5) is 13.2 Å². The van der Waals surface area contributed by atoms with Crippen molar-refractivity contribution in [2.45, 2.75) is 52.4 Å². The molecule has 1 amide bonds. The average molecular weight is 599 g/mol. The Hall–Kier alpha value is -3.36. The molecule has 2 aromatic heterocycles. The zero-order valence-corrected chi connectivity index (χ0v) is 23.7. The summed E-state index contributed by atoms with van der Waals surface area (Å²) in [7, 11) is -3.69. The molecule has 224 valence electrons. The van der Waals surface area contributed by atoms with Gasteiger partial charge in [0, 0.05) is 41.4 Å². The van der Waals surface area contributed by atoms with Gasteiger partial charge in [0.15, 0.2) is 12.5 Å². The number of hydrogen-bond acceptors (Lipinski definition) is 6. The summed E-state index contributed by atoms with van der Waals surface area (Å²) >= 11 is 0. The molecular formula is C27H33F3N4O6S. The number of fused-ring (bicyclic) bond motifs is 1. The lowest BCUT2D eigenvalue weighted by atomic mass is 9.91. The van der Waals surface area contributed by atoms with Gasteiger partial charge in [0.1, 0.15) is 5.75 Å². The Labute approximate surface area is 235 Å². The predicted molar refractivity (Wildman–Crippen MR) is 146 cm³/mol. The van der Waals surface area contributed by atoms with Gasteiger partial charge in [0.05, 0.1) is 17.7 Å². The number of aromatic nitrogens is 2. The molecule has 1 aliphatic rings. The highest BCUT2D eigenvalue weighted by atomic mass is 32.2. The molecule has 1 aliphatic heterocycles. The number of aryl methyl sites for hydroxylation is 1. The third-order valence-corrected chi connectivity index (χ3v) is 9.05. The second-order valence-electron chi connectivity index (χ2n) is 10.3. The smallest absolute Gasteiger partial charge is 0.422 e. The summed E-state index contributed by atoms with van der Waals surface area (Å²) < 4.78 is 70.6. The van der Waals surface area contributed by atoms with Crippen molar-refractivity contribution >= 4 is 26.8 Å². The number of hydrogen-bond donors (Lipinski definition) is 3. The number of alkyl halides is 3. The lowest BCUT2D eigenvalue weighted by molar-refractivity contribution is -0.153. The Morgan fingerprint density at radius 1 is 1.22 bits per heavy atom. The average Bonchev–Trinajstić information content (AvgIpc) is 3.22. The molecule has 0 unspecified atom stereocenters. The van der Waals surface area contributed by atoms with E-state index in [4.69, 9.17) is 4.74 Å². The summed E-state index contributed by atoms with van der Waals surface area (Å²) in [6, 6.07) is 8.51. The third-order valence-electron chi connectivity index (χ3n) is 7.57. The number of amides is 1. The molecule has 0 saturated carbocycles. The summed E-state index contributed by atoms with van der Waals surface area (Å²) in [5, 5.41) is 12.5. The van der Waals surface area contributed by atoms with Crippen LogP contribution in [0.15, 0.2) is 35.1 Å². The van der Waals surface area contributed by atoms with Gasteiger partial charge in [0.2, 0.25) is 10.0 Å². The summed E-state index contributed by atoms with van der Waals surface area (Å²) in [5.74, 6) is -1.59. The molecule has 3 heterocycles. The minimum absolute atomic E-state index is 0.0947. The van der Waals surface area contributed by atoms with E-state index in [-0.39, 0.29) is 42.9 Å². The molecule has 1 atom stereocenters. The number of benzene rings is 1. The number of ether oxygens (including phenoxy) is 1. The number of nitrogens with one attached hydrogen (secondary N) is 2. The standard InChI is InChI=1S/C27H33F3N4O6S/c1-16-12-23(40-14-27(28,29)30)21(25(36)32-16)13-31-26(37)24-18(3)34(22-7-5-4-6-20(22)24)17(2)19-8-10-33(11-9-19)41(38,39)15-35/h4-7,12,17,19,35H,8-11,13-15H2,1-3H3,(H,31,37)(H,32,36)/t17-/m1/s1. The molecule has 41 heavy (non-hydrogen) atoms. The molecule has 0 bridgehead atoms. The highest BCUT2D eigenvalue weighted by molar-refractivity contribution is 7.88. The summed E-state index contributed by atoms with van der Waals surface area (Å²) in [4.78, 5) is 28.6. The predicted octanol–water partition coefficient (Wildman–Crippen LogP) is 3.37. The second-order valence-corrected chi connectivity index (χ2v) is 12.2. The highest BCUT2D eigenvalue weighted by Gasteiger charge is 2.33. The highest BCUT2D eigenvalue weighted by Crippen LogP contribution is 2.36. The van der Waals surface area contributed by atoms with Gasteiger partial charge in [-0.05, 0) is 51.7 Å². The first-order chi connectivity index (χ1) is 19.2. The van der Waals surface area contributed by atoms with Crippen LogP contribution >= 0.6 is 0 Å². The van der Waals surface area contributed by atoms with Crippen molar-refractivity contribution < 1.29 is 36.2 Å². The van der Waals surface area contributed by atoms with Gasteiger partial charge in [-0.2, -0.15) is 17.5 Å². The Balaban J connectivity index is 1.59. The largest absolute Gasteiger partial charge is 0.483 e. The number of rotatable bonds is 9. The summed E-state index contributed by atoms with van der Waals surface area (Å²) in [5.41, 5.74) is 1.35. The summed E-state index contributed by atoms with van der Waals surface area (Å²) in [6.07, 6.45) is -3.45. The minimum Gasteiger partial charge on any atom is -0.483 e. The van der Waals surface area contributed by atoms with Gasteiger partial charge in [-0.3, -0.25) is 9.59 Å². The van der Waals surface area contributed by atoms with Gasteiger partial charge in [0.25, 0.3) is 11.5 Å². The van der Waals surface area contributed by atoms with E-state index in [9.17, 15) is 36.3 Å². The van der Waals surface area contributed by atoms with Crippen LogP contribution < -0.4 is 15.6 Å².